The summed E-state index contributed by atoms with van der Waals surface area (Å²) in [5.74, 6) is 1.72. The van der Waals surface area contributed by atoms with Crippen LogP contribution in [0.5, 0.6) is 0 Å². The minimum Gasteiger partial charge on any atom is -0.377 e. The predicted octanol–water partition coefficient (Wildman–Crippen LogP) is 2.74. The lowest BCUT2D eigenvalue weighted by Gasteiger charge is -2.43. The van der Waals surface area contributed by atoms with Crippen LogP contribution >= 0.6 is 11.3 Å². The molecule has 2 aromatic rings. The second-order valence-corrected chi connectivity index (χ2v) is 6.45. The zero-order valence-electron chi connectivity index (χ0n) is 12.1. The number of nitrogens with zero attached hydrogens (tertiary/aromatic N) is 3. The summed E-state index contributed by atoms with van der Waals surface area (Å²) in [7, 11) is 0. The van der Waals surface area contributed by atoms with Gasteiger partial charge in [-0.3, -0.25) is 0 Å². The first-order valence-corrected chi connectivity index (χ1v) is 7.84. The van der Waals surface area contributed by atoms with Crippen molar-refractivity contribution in [1.29, 1.82) is 0 Å². The highest BCUT2D eigenvalue weighted by Crippen LogP contribution is 2.34. The summed E-state index contributed by atoms with van der Waals surface area (Å²) in [5.41, 5.74) is -0.0506. The van der Waals surface area contributed by atoms with Crippen molar-refractivity contribution in [2.75, 3.05) is 36.5 Å². The molecule has 6 heteroatoms. The first-order chi connectivity index (χ1) is 9.62. The number of thiophene rings is 1. The fraction of sp³-hybridized carbons (Fsp3) is 0.571. The van der Waals surface area contributed by atoms with Gasteiger partial charge in [0, 0.05) is 13.1 Å². The molecule has 0 aliphatic carbocycles. The van der Waals surface area contributed by atoms with Crippen LogP contribution < -0.4 is 10.2 Å². The molecule has 1 N–H and O–H groups in total. The van der Waals surface area contributed by atoms with Gasteiger partial charge in [-0.05, 0) is 32.2 Å². The number of ether oxygens (including phenoxy) is 1. The molecular formula is C14H20N4OS. The normalized spacial score (nSPS) is 18.4. The van der Waals surface area contributed by atoms with Gasteiger partial charge in [0.15, 0.2) is 0 Å². The Morgan fingerprint density at radius 1 is 1.45 bits per heavy atom. The van der Waals surface area contributed by atoms with Crippen LogP contribution in [0.15, 0.2) is 11.4 Å². The minimum absolute atomic E-state index is 0.0506. The van der Waals surface area contributed by atoms with E-state index >= 15 is 0 Å². The van der Waals surface area contributed by atoms with Crippen LogP contribution in [0.25, 0.3) is 10.2 Å². The fourth-order valence-corrected chi connectivity index (χ4v) is 3.29. The molecule has 0 unspecified atom stereocenters. The van der Waals surface area contributed by atoms with Crippen LogP contribution in [0.1, 0.15) is 20.8 Å². The van der Waals surface area contributed by atoms with E-state index in [0.717, 1.165) is 42.3 Å². The van der Waals surface area contributed by atoms with Gasteiger partial charge in [0.25, 0.3) is 0 Å². The Morgan fingerprint density at radius 3 is 3.05 bits per heavy atom. The summed E-state index contributed by atoms with van der Waals surface area (Å²) in [5, 5.41) is 6.43. The Bertz CT molecular complexity index is 610. The second-order valence-electron chi connectivity index (χ2n) is 5.56. The van der Waals surface area contributed by atoms with Crippen molar-refractivity contribution in [2.45, 2.75) is 26.3 Å². The highest BCUT2D eigenvalue weighted by Gasteiger charge is 2.33. The summed E-state index contributed by atoms with van der Waals surface area (Å²) >= 11 is 1.66. The molecule has 1 saturated heterocycles. The molecule has 0 bridgehead atoms. The van der Waals surface area contributed by atoms with E-state index in [1.165, 1.54) is 0 Å². The van der Waals surface area contributed by atoms with E-state index in [0.29, 0.717) is 5.95 Å². The molecule has 0 radical (unpaired) electrons. The van der Waals surface area contributed by atoms with Crippen LogP contribution in [0.3, 0.4) is 0 Å². The number of hydrogen-bond donors (Lipinski definition) is 1. The third kappa shape index (κ3) is 2.33. The van der Waals surface area contributed by atoms with E-state index in [2.05, 4.69) is 47.4 Å². The second kappa shape index (κ2) is 5.18. The van der Waals surface area contributed by atoms with Gasteiger partial charge in [-0.1, -0.05) is 0 Å². The molecule has 20 heavy (non-hydrogen) atoms. The predicted molar refractivity (Wildman–Crippen MR) is 83.8 cm³/mol. The van der Waals surface area contributed by atoms with E-state index in [1.54, 1.807) is 11.3 Å². The molecular weight excluding hydrogens is 272 g/mol. The van der Waals surface area contributed by atoms with Crippen LogP contribution in [-0.4, -0.2) is 41.8 Å². The maximum atomic E-state index is 5.61. The number of fused-ring (bicyclic) bond motifs is 1. The zero-order chi connectivity index (χ0) is 14.2. The number of nitrogens with one attached hydrogen (secondary N) is 1. The molecule has 0 spiro atoms. The number of anilines is 2. The molecule has 1 aliphatic rings. The highest BCUT2D eigenvalue weighted by molar-refractivity contribution is 7.16. The lowest BCUT2D eigenvalue weighted by atomic mass is 10.0. The Balaban J connectivity index is 2.10. The van der Waals surface area contributed by atoms with Gasteiger partial charge in [0.05, 0.1) is 24.1 Å². The number of rotatable bonds is 3. The van der Waals surface area contributed by atoms with Gasteiger partial charge < -0.3 is 15.0 Å². The maximum Gasteiger partial charge on any atom is 0.226 e. The Hall–Kier alpha value is -1.40. The van der Waals surface area contributed by atoms with Gasteiger partial charge >= 0.3 is 0 Å². The summed E-state index contributed by atoms with van der Waals surface area (Å²) in [6.07, 6.45) is 0. The molecule has 0 amide bonds. The summed E-state index contributed by atoms with van der Waals surface area (Å²) in [6, 6.07) is 2.11. The SMILES string of the molecule is CCNc1nc(N2CCOCC2(C)C)c2ccsc2n1. The summed E-state index contributed by atoms with van der Waals surface area (Å²) < 4.78 is 5.61. The maximum absolute atomic E-state index is 5.61. The van der Waals surface area contributed by atoms with Crippen LogP contribution in [0.2, 0.25) is 0 Å². The van der Waals surface area contributed by atoms with Crippen LogP contribution in [0, 0.1) is 0 Å². The van der Waals surface area contributed by atoms with Gasteiger partial charge in [0.1, 0.15) is 10.6 Å². The molecule has 2 aromatic heterocycles. The van der Waals surface area contributed by atoms with Crippen molar-refractivity contribution in [3.8, 4) is 0 Å². The minimum atomic E-state index is -0.0506. The van der Waals surface area contributed by atoms with E-state index in [1.807, 2.05) is 0 Å². The molecule has 5 nitrogen and oxygen atoms in total. The van der Waals surface area contributed by atoms with Crippen molar-refractivity contribution in [2.24, 2.45) is 0 Å². The quantitative estimate of drug-likeness (QED) is 0.942. The first kappa shape index (κ1) is 13.6. The van der Waals surface area contributed by atoms with E-state index in [-0.39, 0.29) is 5.54 Å². The summed E-state index contributed by atoms with van der Waals surface area (Å²) in [6.45, 7) is 9.59. The van der Waals surface area contributed by atoms with Gasteiger partial charge in [0.2, 0.25) is 5.95 Å². The van der Waals surface area contributed by atoms with Crippen molar-refractivity contribution < 1.29 is 4.74 Å². The largest absolute Gasteiger partial charge is 0.377 e. The van der Waals surface area contributed by atoms with Gasteiger partial charge in [-0.25, -0.2) is 4.98 Å². The molecule has 1 fully saturated rings. The molecule has 0 saturated carbocycles. The Kier molecular flexibility index (Phi) is 3.52. The lowest BCUT2D eigenvalue weighted by molar-refractivity contribution is 0.0641. The van der Waals surface area contributed by atoms with Crippen LogP contribution in [0.4, 0.5) is 11.8 Å². The van der Waals surface area contributed by atoms with E-state index < -0.39 is 0 Å². The van der Waals surface area contributed by atoms with Crippen molar-refractivity contribution >= 4 is 33.3 Å². The van der Waals surface area contributed by atoms with Gasteiger partial charge in [-0.15, -0.1) is 11.3 Å². The number of hydrogen-bond acceptors (Lipinski definition) is 6. The van der Waals surface area contributed by atoms with Crippen molar-refractivity contribution in [3.63, 3.8) is 0 Å². The topological polar surface area (TPSA) is 50.3 Å². The fourth-order valence-electron chi connectivity index (χ4n) is 2.53. The standard InChI is InChI=1S/C14H20N4OS/c1-4-15-13-16-11(10-5-8-20-12(10)17-13)18-6-7-19-9-14(18,2)3/h5,8H,4,6-7,9H2,1-3H3,(H,15,16,17). The van der Waals surface area contributed by atoms with Crippen molar-refractivity contribution in [1.82, 2.24) is 9.97 Å². The van der Waals surface area contributed by atoms with E-state index in [4.69, 9.17) is 9.72 Å². The number of morpholine rings is 1. The number of aromatic nitrogens is 2. The Morgan fingerprint density at radius 2 is 2.30 bits per heavy atom. The molecule has 0 aromatic carbocycles. The smallest absolute Gasteiger partial charge is 0.226 e. The third-order valence-electron chi connectivity index (χ3n) is 3.54. The van der Waals surface area contributed by atoms with Crippen molar-refractivity contribution in [3.05, 3.63) is 11.4 Å². The van der Waals surface area contributed by atoms with Crippen LogP contribution in [-0.2, 0) is 4.74 Å². The van der Waals surface area contributed by atoms with Gasteiger partial charge in [-0.2, -0.15) is 4.98 Å². The third-order valence-corrected chi connectivity index (χ3v) is 4.35. The highest BCUT2D eigenvalue weighted by atomic mass is 32.1. The monoisotopic (exact) mass is 292 g/mol. The average Bonchev–Trinajstić information content (AvgIpc) is 2.86. The zero-order valence-corrected chi connectivity index (χ0v) is 13.0. The molecule has 108 valence electrons. The molecule has 3 heterocycles. The van der Waals surface area contributed by atoms with E-state index in [9.17, 15) is 0 Å². The molecule has 0 atom stereocenters. The summed E-state index contributed by atoms with van der Waals surface area (Å²) in [4.78, 5) is 12.7. The first-order valence-electron chi connectivity index (χ1n) is 6.96. The lowest BCUT2D eigenvalue weighted by Crippen LogP contribution is -2.53. The Labute approximate surface area is 123 Å². The molecule has 3 rings (SSSR count). The molecule has 1 aliphatic heterocycles. The average molecular weight is 292 g/mol.